The molecule has 0 aromatic rings. The van der Waals surface area contributed by atoms with E-state index in [2.05, 4.69) is 19.2 Å². The van der Waals surface area contributed by atoms with Crippen LogP contribution in [0.25, 0.3) is 0 Å². The lowest BCUT2D eigenvalue weighted by atomic mass is 9.90. The lowest BCUT2D eigenvalue weighted by Gasteiger charge is -2.37. The van der Waals surface area contributed by atoms with Gasteiger partial charge in [-0.15, -0.1) is 0 Å². The minimum Gasteiger partial charge on any atom is -0.441 e. The van der Waals surface area contributed by atoms with Gasteiger partial charge in [0, 0.05) is 51.9 Å². The quantitative estimate of drug-likeness (QED) is 0.796. The van der Waals surface area contributed by atoms with Crippen LogP contribution in [0.2, 0.25) is 0 Å². The number of amides is 3. The fourth-order valence-electron chi connectivity index (χ4n) is 3.49. The molecule has 136 valence electrons. The molecule has 0 aliphatic carbocycles. The molecule has 2 aliphatic heterocycles. The zero-order valence-electron chi connectivity index (χ0n) is 15.0. The number of carbonyl (C=O) groups excluding carboxylic acids is 3. The molecule has 7 heteroatoms. The maximum Gasteiger partial charge on any atom is 0.410 e. The summed E-state index contributed by atoms with van der Waals surface area (Å²) < 4.78 is 5.70. The van der Waals surface area contributed by atoms with E-state index in [0.29, 0.717) is 45.4 Å². The number of piperidine rings is 1. The summed E-state index contributed by atoms with van der Waals surface area (Å²) in [5, 5.41) is 2.64. The Morgan fingerprint density at radius 1 is 1.33 bits per heavy atom. The molecule has 2 fully saturated rings. The van der Waals surface area contributed by atoms with E-state index >= 15 is 0 Å². The van der Waals surface area contributed by atoms with Gasteiger partial charge in [0.1, 0.15) is 5.60 Å². The van der Waals surface area contributed by atoms with Crippen molar-refractivity contribution in [2.45, 2.75) is 64.5 Å². The Morgan fingerprint density at radius 2 is 2.00 bits per heavy atom. The molecule has 0 aromatic heterocycles. The highest BCUT2D eigenvalue weighted by Crippen LogP contribution is 2.34. The van der Waals surface area contributed by atoms with Crippen molar-refractivity contribution in [1.29, 1.82) is 0 Å². The number of nitrogens with zero attached hydrogens (tertiary/aromatic N) is 2. The molecule has 2 rings (SSSR count). The molecule has 0 bridgehead atoms. The first-order chi connectivity index (χ1) is 11.4. The minimum atomic E-state index is -0.437. The van der Waals surface area contributed by atoms with E-state index in [1.165, 1.54) is 6.92 Å². The average molecular weight is 339 g/mol. The molecule has 0 unspecified atom stereocenters. The smallest absolute Gasteiger partial charge is 0.410 e. The number of hydrogen-bond donors (Lipinski definition) is 1. The van der Waals surface area contributed by atoms with Crippen LogP contribution in [-0.2, 0) is 14.3 Å². The Hall–Kier alpha value is -1.79. The molecule has 2 saturated heterocycles. The predicted octanol–water partition coefficient (Wildman–Crippen LogP) is 1.51. The van der Waals surface area contributed by atoms with Gasteiger partial charge < -0.3 is 19.9 Å². The first kappa shape index (κ1) is 18.5. The first-order valence-corrected chi connectivity index (χ1v) is 8.89. The number of hydrogen-bond acceptors (Lipinski definition) is 4. The van der Waals surface area contributed by atoms with E-state index in [0.717, 1.165) is 12.8 Å². The Morgan fingerprint density at radius 3 is 2.58 bits per heavy atom. The van der Waals surface area contributed by atoms with E-state index in [4.69, 9.17) is 4.74 Å². The van der Waals surface area contributed by atoms with Gasteiger partial charge in [-0.25, -0.2) is 4.79 Å². The van der Waals surface area contributed by atoms with Crippen LogP contribution < -0.4 is 5.32 Å². The monoisotopic (exact) mass is 339 g/mol. The van der Waals surface area contributed by atoms with Crippen molar-refractivity contribution in [2.24, 2.45) is 0 Å². The Bertz CT molecular complexity index is 486. The van der Waals surface area contributed by atoms with Crippen LogP contribution in [0.1, 0.15) is 52.9 Å². The molecular weight excluding hydrogens is 310 g/mol. The summed E-state index contributed by atoms with van der Waals surface area (Å²) in [4.78, 5) is 38.8. The van der Waals surface area contributed by atoms with Crippen molar-refractivity contribution in [2.75, 3.05) is 26.2 Å². The number of ether oxygens (including phenoxy) is 1. The second-order valence-corrected chi connectivity index (χ2v) is 6.93. The van der Waals surface area contributed by atoms with E-state index in [9.17, 15) is 14.4 Å². The highest BCUT2D eigenvalue weighted by molar-refractivity contribution is 5.78. The fourth-order valence-corrected chi connectivity index (χ4v) is 3.49. The first-order valence-electron chi connectivity index (χ1n) is 8.89. The standard InChI is InChI=1S/C17H29N3O4/c1-4-5-13(2)20-12-17(24-16(20)23)7-10-19(11-8-17)15(22)6-9-18-14(3)21/h13H,4-12H2,1-3H3,(H,18,21)/t13-/m1/s1. The van der Waals surface area contributed by atoms with Gasteiger partial charge in [-0.2, -0.15) is 0 Å². The zero-order valence-corrected chi connectivity index (χ0v) is 15.0. The molecule has 0 aromatic carbocycles. The summed E-state index contributed by atoms with van der Waals surface area (Å²) in [6.45, 7) is 7.80. The molecule has 1 spiro atoms. The number of nitrogens with one attached hydrogen (secondary N) is 1. The Kier molecular flexibility index (Phi) is 6.07. The topological polar surface area (TPSA) is 78.9 Å². The summed E-state index contributed by atoms with van der Waals surface area (Å²) in [6.07, 6.45) is 3.46. The molecule has 2 aliphatic rings. The van der Waals surface area contributed by atoms with Crippen LogP contribution >= 0.6 is 0 Å². The Labute approximate surface area is 143 Å². The predicted molar refractivity (Wildman–Crippen MR) is 89.4 cm³/mol. The third-order valence-corrected chi connectivity index (χ3v) is 4.98. The number of rotatable bonds is 6. The molecule has 2 heterocycles. The van der Waals surface area contributed by atoms with Gasteiger partial charge in [0.2, 0.25) is 11.8 Å². The van der Waals surface area contributed by atoms with Crippen molar-refractivity contribution in [3.63, 3.8) is 0 Å². The van der Waals surface area contributed by atoms with Crippen LogP contribution in [-0.4, -0.2) is 65.5 Å². The van der Waals surface area contributed by atoms with Crippen LogP contribution in [0.4, 0.5) is 4.79 Å². The van der Waals surface area contributed by atoms with Crippen molar-refractivity contribution in [3.8, 4) is 0 Å². The summed E-state index contributed by atoms with van der Waals surface area (Å²) >= 11 is 0. The average Bonchev–Trinajstić information content (AvgIpc) is 2.84. The molecule has 0 saturated carbocycles. The SMILES string of the molecule is CCC[C@@H](C)N1CC2(CCN(C(=O)CCNC(C)=O)CC2)OC1=O. The van der Waals surface area contributed by atoms with Crippen molar-refractivity contribution < 1.29 is 19.1 Å². The van der Waals surface area contributed by atoms with Crippen molar-refractivity contribution in [1.82, 2.24) is 15.1 Å². The number of carbonyl (C=O) groups is 3. The normalized spacial score (nSPS) is 20.9. The van der Waals surface area contributed by atoms with E-state index in [1.807, 2.05) is 4.90 Å². The molecule has 24 heavy (non-hydrogen) atoms. The minimum absolute atomic E-state index is 0.0409. The number of likely N-dealkylation sites (tertiary alicyclic amines) is 1. The molecule has 7 nitrogen and oxygen atoms in total. The van der Waals surface area contributed by atoms with Gasteiger partial charge in [-0.3, -0.25) is 9.59 Å². The second-order valence-electron chi connectivity index (χ2n) is 6.93. The van der Waals surface area contributed by atoms with E-state index in [1.54, 1.807) is 4.90 Å². The highest BCUT2D eigenvalue weighted by Gasteiger charge is 2.48. The third-order valence-electron chi connectivity index (χ3n) is 4.98. The maximum atomic E-state index is 12.2. The van der Waals surface area contributed by atoms with Gasteiger partial charge in [0.15, 0.2) is 0 Å². The lowest BCUT2D eigenvalue weighted by molar-refractivity contribution is -0.134. The molecular formula is C17H29N3O4. The fraction of sp³-hybridized carbons (Fsp3) is 0.824. The van der Waals surface area contributed by atoms with Crippen LogP contribution in [0.5, 0.6) is 0 Å². The molecule has 1 atom stereocenters. The van der Waals surface area contributed by atoms with Crippen LogP contribution in [0, 0.1) is 0 Å². The summed E-state index contributed by atoms with van der Waals surface area (Å²) in [6, 6.07) is 0.194. The summed E-state index contributed by atoms with van der Waals surface area (Å²) in [7, 11) is 0. The summed E-state index contributed by atoms with van der Waals surface area (Å²) in [5.41, 5.74) is -0.437. The van der Waals surface area contributed by atoms with Gasteiger partial charge in [0.05, 0.1) is 6.54 Å². The zero-order chi connectivity index (χ0) is 17.7. The van der Waals surface area contributed by atoms with Gasteiger partial charge in [0.25, 0.3) is 0 Å². The lowest BCUT2D eigenvalue weighted by Crippen LogP contribution is -2.49. The van der Waals surface area contributed by atoms with E-state index in [-0.39, 0.29) is 23.9 Å². The van der Waals surface area contributed by atoms with Gasteiger partial charge in [-0.05, 0) is 13.3 Å². The largest absolute Gasteiger partial charge is 0.441 e. The molecule has 1 N–H and O–H groups in total. The van der Waals surface area contributed by atoms with Gasteiger partial charge >= 0.3 is 6.09 Å². The summed E-state index contributed by atoms with van der Waals surface area (Å²) in [5.74, 6) is -0.0845. The van der Waals surface area contributed by atoms with Crippen molar-refractivity contribution >= 4 is 17.9 Å². The molecule has 3 amide bonds. The second kappa shape index (κ2) is 7.85. The maximum absolute atomic E-state index is 12.2. The van der Waals surface area contributed by atoms with E-state index < -0.39 is 5.60 Å². The van der Waals surface area contributed by atoms with Crippen LogP contribution in [0.3, 0.4) is 0 Å². The molecule has 0 radical (unpaired) electrons. The van der Waals surface area contributed by atoms with Crippen LogP contribution in [0.15, 0.2) is 0 Å². The van der Waals surface area contributed by atoms with Crippen molar-refractivity contribution in [3.05, 3.63) is 0 Å². The van der Waals surface area contributed by atoms with Gasteiger partial charge in [-0.1, -0.05) is 13.3 Å². The Balaban J connectivity index is 1.83. The third kappa shape index (κ3) is 4.39. The highest BCUT2D eigenvalue weighted by atomic mass is 16.6.